The van der Waals surface area contributed by atoms with Crippen LogP contribution in [0.3, 0.4) is 0 Å². The number of guanidine groups is 1. The number of nitrogens with one attached hydrogen (secondary N) is 5. The van der Waals surface area contributed by atoms with Crippen LogP contribution in [-0.4, -0.2) is 166 Å². The fraction of sp³-hybridized carbons (Fsp3) is 0.600. The predicted molar refractivity (Wildman–Crippen MR) is 227 cm³/mol. The first-order valence-electron chi connectivity index (χ1n) is 20.6. The van der Waals surface area contributed by atoms with Crippen molar-refractivity contribution in [1.82, 2.24) is 36.4 Å². The lowest BCUT2D eigenvalue weighted by Crippen LogP contribution is -2.63. The molecule has 0 saturated carbocycles. The van der Waals surface area contributed by atoms with Gasteiger partial charge in [0.15, 0.2) is 5.96 Å². The number of hydrogen-bond donors (Lipinski definition) is 10. The number of imide groups is 1. The zero-order valence-electron chi connectivity index (χ0n) is 36.5. The van der Waals surface area contributed by atoms with Gasteiger partial charge in [-0.2, -0.15) is 0 Å². The van der Waals surface area contributed by atoms with Crippen molar-refractivity contribution in [2.45, 2.75) is 115 Å². The number of carbonyl (C=O) groups is 9. The average Bonchev–Trinajstić information content (AvgIpc) is 3.78. The Morgan fingerprint density at radius 1 is 0.810 bits per heavy atom. The van der Waals surface area contributed by atoms with E-state index in [1.54, 1.807) is 45.0 Å². The Labute approximate surface area is 364 Å². The molecular weight excluding hydrogens is 827 g/mol. The topological polar surface area (TPSA) is 349 Å². The van der Waals surface area contributed by atoms with Crippen LogP contribution < -0.4 is 43.0 Å². The maximum atomic E-state index is 13.9. The highest BCUT2D eigenvalue weighted by Crippen LogP contribution is 2.27. The van der Waals surface area contributed by atoms with Crippen molar-refractivity contribution in [3.05, 3.63) is 29.3 Å². The van der Waals surface area contributed by atoms with Crippen LogP contribution in [0, 0.1) is 5.92 Å². The molecule has 0 radical (unpaired) electrons. The number of hydrogen-bond acceptors (Lipinski definition) is 13. The Hall–Kier alpha value is -6.36. The molecule has 12 N–H and O–H groups in total. The third-order valence-corrected chi connectivity index (χ3v) is 10.6. The lowest BCUT2D eigenvalue weighted by molar-refractivity contribution is -0.147. The number of anilines is 1. The lowest BCUT2D eigenvalue weighted by atomic mass is 10.0. The first-order chi connectivity index (χ1) is 29.5. The van der Waals surface area contributed by atoms with Crippen molar-refractivity contribution in [3.63, 3.8) is 0 Å². The van der Waals surface area contributed by atoms with E-state index in [1.807, 2.05) is 0 Å². The summed E-state index contributed by atoms with van der Waals surface area (Å²) in [4.78, 5) is 126. The first kappa shape index (κ1) is 51.0. The normalized spacial score (nSPS) is 17.9. The zero-order valence-corrected chi connectivity index (χ0v) is 36.5. The van der Waals surface area contributed by atoms with Crippen molar-refractivity contribution >= 4 is 64.9 Å². The van der Waals surface area contributed by atoms with Gasteiger partial charge in [-0.05, 0) is 70.1 Å². The molecule has 8 atom stereocenters. The van der Waals surface area contributed by atoms with Gasteiger partial charge in [0, 0.05) is 46.3 Å². The molecule has 3 rings (SSSR count). The Morgan fingerprint density at radius 3 is 1.95 bits per heavy atom. The number of aliphatic imine (C=N–C) groups is 1. The summed E-state index contributed by atoms with van der Waals surface area (Å²) in [6.45, 7) is 6.47. The number of aliphatic hydroxyl groups excluding tert-OH is 2. The minimum Gasteiger partial charge on any atom is -0.480 e. The van der Waals surface area contributed by atoms with Gasteiger partial charge >= 0.3 is 5.97 Å². The number of aliphatic carboxylic acids is 1. The molecule has 1 aromatic carbocycles. The van der Waals surface area contributed by atoms with E-state index in [0.717, 1.165) is 23.6 Å². The standard InChI is InChI=1S/C40H61N11O12/c1-19(2)29(39(62)63)46-34(57)28-11-9-16-50(28)38(61)31(21(4)53)48-35(58)30(20(3)52)47-33(56)26(10-8-15-43-40(41)42)45-32(55)27(44-22(5)54)14-17-51-36(59)24-13-12-23(49(6)7)18-25(24)37(51)60/h12-13,18-21,26-31,52-53H,8-11,14-17H2,1-7H3,(H,44,54)(H,45,55)(H,46,57)(H,47,56)(H,48,58)(H,62,63)(H4,41,42,43)/t20-,21-,26+,27+,28+,29+,30+,31+/m1/s1. The number of carbonyl (C=O) groups excluding carboxylic acids is 8. The second kappa shape index (κ2) is 22.6. The molecule has 63 heavy (non-hydrogen) atoms. The Kier molecular flexibility index (Phi) is 18.3. The highest BCUT2D eigenvalue weighted by atomic mass is 16.4. The number of likely N-dealkylation sites (tertiary alicyclic amines) is 1. The fourth-order valence-electron chi connectivity index (χ4n) is 7.11. The summed E-state index contributed by atoms with van der Waals surface area (Å²) >= 11 is 0. The molecule has 0 unspecified atom stereocenters. The predicted octanol–water partition coefficient (Wildman–Crippen LogP) is -3.27. The molecule has 1 saturated heterocycles. The number of nitrogens with zero attached hydrogens (tertiary/aromatic N) is 4. The number of fused-ring (bicyclic) bond motifs is 1. The first-order valence-corrected chi connectivity index (χ1v) is 20.6. The van der Waals surface area contributed by atoms with Gasteiger partial charge in [0.1, 0.15) is 36.3 Å². The van der Waals surface area contributed by atoms with Crippen LogP contribution in [0.1, 0.15) is 87.4 Å². The number of benzene rings is 1. The van der Waals surface area contributed by atoms with E-state index in [0.29, 0.717) is 12.1 Å². The van der Waals surface area contributed by atoms with Crippen molar-refractivity contribution in [2.24, 2.45) is 22.4 Å². The maximum Gasteiger partial charge on any atom is 0.326 e. The van der Waals surface area contributed by atoms with E-state index in [-0.39, 0.29) is 62.4 Å². The van der Waals surface area contributed by atoms with Crippen molar-refractivity contribution in [3.8, 4) is 0 Å². The Bertz CT molecular complexity index is 1930. The summed E-state index contributed by atoms with van der Waals surface area (Å²) in [5.41, 5.74) is 11.9. The fourth-order valence-corrected chi connectivity index (χ4v) is 7.11. The van der Waals surface area contributed by atoms with E-state index in [9.17, 15) is 58.5 Å². The van der Waals surface area contributed by atoms with Gasteiger partial charge in [-0.1, -0.05) is 13.8 Å². The Morgan fingerprint density at radius 2 is 1.40 bits per heavy atom. The summed E-state index contributed by atoms with van der Waals surface area (Å²) in [6.07, 6.45) is -2.94. The minimum atomic E-state index is -1.78. The number of nitrogens with two attached hydrogens (primary N) is 2. The van der Waals surface area contributed by atoms with Crippen molar-refractivity contribution in [2.75, 3.05) is 38.6 Å². The van der Waals surface area contributed by atoms with E-state index < -0.39 is 108 Å². The number of amides is 8. The maximum absolute atomic E-state index is 13.9. The van der Waals surface area contributed by atoms with E-state index in [2.05, 4.69) is 31.6 Å². The van der Waals surface area contributed by atoms with Crippen LogP contribution in [0.2, 0.25) is 0 Å². The average molecular weight is 888 g/mol. The SMILES string of the molecule is CC(=O)N[C@@H](CCN1C(=O)c2ccc(N(C)C)cc2C1=O)C(=O)N[C@@H](CCCN=C(N)N)C(=O)N[C@H](C(=O)N[C@H](C(=O)N1CCC[C@H]1C(=O)N[C@H](C(=O)O)C(C)C)[C@@H](C)O)[C@@H](C)O. The molecule has 23 heteroatoms. The van der Waals surface area contributed by atoms with Crippen LogP contribution >= 0.6 is 0 Å². The third kappa shape index (κ3) is 13.6. The number of carboxylic acids is 1. The van der Waals surface area contributed by atoms with Gasteiger partial charge in [-0.25, -0.2) is 4.79 Å². The van der Waals surface area contributed by atoms with Crippen molar-refractivity contribution in [1.29, 1.82) is 0 Å². The molecule has 2 aliphatic rings. The van der Waals surface area contributed by atoms with Crippen LogP contribution in [0.5, 0.6) is 0 Å². The monoisotopic (exact) mass is 887 g/mol. The van der Waals surface area contributed by atoms with Crippen LogP contribution in [-0.2, 0) is 33.6 Å². The second-order valence-electron chi connectivity index (χ2n) is 16.1. The van der Waals surface area contributed by atoms with Gasteiger partial charge in [0.25, 0.3) is 11.8 Å². The van der Waals surface area contributed by atoms with Gasteiger partial charge < -0.3 is 63.2 Å². The molecule has 2 heterocycles. The van der Waals surface area contributed by atoms with Gasteiger partial charge in [-0.15, -0.1) is 0 Å². The van der Waals surface area contributed by atoms with Crippen LogP contribution in [0.15, 0.2) is 23.2 Å². The summed E-state index contributed by atoms with van der Waals surface area (Å²) in [7, 11) is 3.54. The summed E-state index contributed by atoms with van der Waals surface area (Å²) in [5, 5.41) is 43.0. The summed E-state index contributed by atoms with van der Waals surface area (Å²) in [6, 6.07) is -3.88. The molecule has 1 fully saturated rings. The van der Waals surface area contributed by atoms with E-state index in [1.165, 1.54) is 13.0 Å². The molecule has 1 aromatic rings. The van der Waals surface area contributed by atoms with E-state index in [4.69, 9.17) is 11.5 Å². The quantitative estimate of drug-likeness (QED) is 0.0236. The lowest BCUT2D eigenvalue weighted by Gasteiger charge is -2.32. The van der Waals surface area contributed by atoms with Gasteiger partial charge in [-0.3, -0.25) is 48.2 Å². The largest absolute Gasteiger partial charge is 0.480 e. The highest BCUT2D eigenvalue weighted by Gasteiger charge is 2.42. The van der Waals surface area contributed by atoms with E-state index >= 15 is 0 Å². The second-order valence-corrected chi connectivity index (χ2v) is 16.1. The summed E-state index contributed by atoms with van der Waals surface area (Å²) < 4.78 is 0. The number of aliphatic hydroxyl groups is 2. The molecule has 0 aliphatic carbocycles. The molecule has 0 spiro atoms. The molecule has 0 aromatic heterocycles. The molecule has 348 valence electrons. The minimum absolute atomic E-state index is 0.00877. The molecule has 2 aliphatic heterocycles. The van der Waals surface area contributed by atoms with Crippen LogP contribution in [0.4, 0.5) is 5.69 Å². The van der Waals surface area contributed by atoms with Gasteiger partial charge in [0.05, 0.1) is 23.3 Å². The third-order valence-electron chi connectivity index (χ3n) is 10.6. The zero-order chi connectivity index (χ0) is 47.5. The number of carboxylic acid groups (broad SMARTS) is 1. The van der Waals surface area contributed by atoms with Gasteiger partial charge in [0.2, 0.25) is 35.4 Å². The summed E-state index contributed by atoms with van der Waals surface area (Å²) in [5.74, 6) is -8.45. The molecule has 8 amide bonds. The Balaban J connectivity index is 1.80. The number of rotatable bonds is 22. The molecule has 0 bridgehead atoms. The highest BCUT2D eigenvalue weighted by molar-refractivity contribution is 6.21. The molecule has 23 nitrogen and oxygen atoms in total. The smallest absolute Gasteiger partial charge is 0.326 e. The van der Waals surface area contributed by atoms with Crippen LogP contribution in [0.25, 0.3) is 0 Å². The van der Waals surface area contributed by atoms with Crippen molar-refractivity contribution < 1.29 is 58.5 Å². The molecular formula is C40H61N11O12.